The van der Waals surface area contributed by atoms with Crippen molar-refractivity contribution < 1.29 is 24.2 Å². The summed E-state index contributed by atoms with van der Waals surface area (Å²) in [5.74, 6) is -0.0252. The van der Waals surface area contributed by atoms with Gasteiger partial charge in [0.25, 0.3) is 0 Å². The smallest absolute Gasteiger partial charge is 0.351 e. The number of nitrogen functional groups attached to an aromatic ring is 1. The van der Waals surface area contributed by atoms with E-state index >= 15 is 0 Å². The number of methoxy groups -OCH3 is 1. The van der Waals surface area contributed by atoms with E-state index in [1.54, 1.807) is 0 Å². The van der Waals surface area contributed by atoms with Crippen LogP contribution in [0.3, 0.4) is 0 Å². The molecule has 2 atom stereocenters. The van der Waals surface area contributed by atoms with Crippen molar-refractivity contribution in [1.82, 2.24) is 9.55 Å². The van der Waals surface area contributed by atoms with Crippen LogP contribution in [0.4, 0.5) is 5.82 Å². The first kappa shape index (κ1) is 14.8. The summed E-state index contributed by atoms with van der Waals surface area (Å²) >= 11 is 0. The summed E-state index contributed by atoms with van der Waals surface area (Å²) in [4.78, 5) is 33.1. The van der Waals surface area contributed by atoms with E-state index in [2.05, 4.69) is 4.98 Å². The van der Waals surface area contributed by atoms with Gasteiger partial charge in [-0.2, -0.15) is 4.98 Å². The maximum absolute atomic E-state index is 11.5. The van der Waals surface area contributed by atoms with Crippen molar-refractivity contribution >= 4 is 13.4 Å². The number of hydrogen-bond donors (Lipinski definition) is 4. The van der Waals surface area contributed by atoms with Gasteiger partial charge in [-0.15, -0.1) is 0 Å². The Morgan fingerprint density at radius 3 is 2.61 bits per heavy atom. The first-order chi connectivity index (χ1) is 8.31. The summed E-state index contributed by atoms with van der Waals surface area (Å²) < 4.78 is 16.9. The molecule has 0 fully saturated rings. The zero-order valence-electron chi connectivity index (χ0n) is 9.50. The molecular formula is C8H14N3O6P. The maximum atomic E-state index is 11.5. The number of nitrogens with zero attached hydrogens (tertiary/aromatic N) is 2. The molecule has 0 aliphatic rings. The number of hydrogen-bond acceptors (Lipinski definition) is 6. The molecule has 1 rings (SSSR count). The predicted octanol–water partition coefficient (Wildman–Crippen LogP) is -1.49. The minimum absolute atomic E-state index is 0.0252. The average Bonchev–Trinajstić information content (AvgIpc) is 2.25. The van der Waals surface area contributed by atoms with E-state index in [-0.39, 0.29) is 5.82 Å². The summed E-state index contributed by atoms with van der Waals surface area (Å²) in [6.45, 7) is -0.848. The van der Waals surface area contributed by atoms with Crippen LogP contribution in [0, 0.1) is 0 Å². The summed E-state index contributed by atoms with van der Waals surface area (Å²) in [5.41, 5.74) is 2.91. The van der Waals surface area contributed by atoms with Gasteiger partial charge in [0.2, 0.25) is 0 Å². The molecule has 0 spiro atoms. The van der Waals surface area contributed by atoms with Gasteiger partial charge in [0.1, 0.15) is 11.5 Å². The highest BCUT2D eigenvalue weighted by Crippen LogP contribution is 2.46. The van der Waals surface area contributed by atoms with Crippen LogP contribution in [0.5, 0.6) is 0 Å². The quantitative estimate of drug-likeness (QED) is 0.476. The molecule has 0 aromatic carbocycles. The molecule has 102 valence electrons. The molecule has 0 saturated heterocycles. The Morgan fingerprint density at radius 2 is 2.22 bits per heavy atom. The molecular weight excluding hydrogens is 265 g/mol. The molecule has 0 amide bonds. The van der Waals surface area contributed by atoms with E-state index in [9.17, 15) is 9.36 Å². The Bertz CT molecular complexity index is 512. The van der Waals surface area contributed by atoms with Gasteiger partial charge in [-0.05, 0) is 6.07 Å². The second-order valence-corrected chi connectivity index (χ2v) is 5.35. The van der Waals surface area contributed by atoms with Crippen LogP contribution in [0.2, 0.25) is 0 Å². The summed E-state index contributed by atoms with van der Waals surface area (Å²) in [6, 6.07) is 1.28. The van der Waals surface area contributed by atoms with Crippen LogP contribution in [0.1, 0.15) is 6.23 Å². The second kappa shape index (κ2) is 5.59. The van der Waals surface area contributed by atoms with Crippen molar-refractivity contribution in [3.63, 3.8) is 0 Å². The lowest BCUT2D eigenvalue weighted by molar-refractivity contribution is 0.0170. The largest absolute Gasteiger partial charge is 0.395 e. The average molecular weight is 279 g/mol. The number of aromatic nitrogens is 2. The molecule has 1 heterocycles. The topological polar surface area (TPSA) is 148 Å². The van der Waals surface area contributed by atoms with Crippen LogP contribution in [0.15, 0.2) is 17.1 Å². The molecule has 0 saturated carbocycles. The van der Waals surface area contributed by atoms with E-state index in [0.717, 1.165) is 11.7 Å². The van der Waals surface area contributed by atoms with E-state index in [4.69, 9.17) is 25.4 Å². The molecule has 0 radical (unpaired) electrons. The van der Waals surface area contributed by atoms with Gasteiger partial charge in [-0.1, -0.05) is 0 Å². The number of nitrogens with two attached hydrogens (primary N) is 1. The lowest BCUT2D eigenvalue weighted by Gasteiger charge is -2.26. The van der Waals surface area contributed by atoms with Crippen LogP contribution < -0.4 is 11.4 Å². The molecule has 0 bridgehead atoms. The van der Waals surface area contributed by atoms with Crippen LogP contribution in [0.25, 0.3) is 0 Å². The fourth-order valence-electron chi connectivity index (χ4n) is 1.44. The van der Waals surface area contributed by atoms with Gasteiger partial charge in [-0.25, -0.2) is 4.79 Å². The third-order valence-electron chi connectivity index (χ3n) is 2.32. The van der Waals surface area contributed by atoms with E-state index in [0.29, 0.717) is 0 Å². The third-order valence-corrected chi connectivity index (χ3v) is 3.60. The summed E-state index contributed by atoms with van der Waals surface area (Å²) in [6.07, 6.45) is -0.145. The first-order valence-electron chi connectivity index (χ1n) is 4.84. The van der Waals surface area contributed by atoms with Crippen molar-refractivity contribution in [2.75, 3.05) is 19.5 Å². The standard InChI is InChI=1S/C8H14N3O6P/c1-17-7(5(4-12)18(14,15)16)11-3-2-6(9)10-8(11)13/h2-3,5,7,12H,4H2,1H3,(H2,9,10,13)(H2,14,15,16). The van der Waals surface area contributed by atoms with Crippen molar-refractivity contribution in [2.45, 2.75) is 11.9 Å². The number of aliphatic hydroxyl groups is 1. The minimum Gasteiger partial charge on any atom is -0.395 e. The number of ether oxygens (including phenoxy) is 1. The summed E-state index contributed by atoms with van der Waals surface area (Å²) in [5, 5.41) is 9.04. The highest BCUT2D eigenvalue weighted by Gasteiger charge is 2.37. The third kappa shape index (κ3) is 3.15. The number of rotatable bonds is 5. The molecule has 1 aromatic heterocycles. The van der Waals surface area contributed by atoms with Crippen molar-refractivity contribution in [1.29, 1.82) is 0 Å². The SMILES string of the molecule is COC(C(CO)P(=O)(O)O)n1ccc(N)nc1=O. The molecule has 0 aliphatic carbocycles. The Morgan fingerprint density at radius 1 is 1.61 bits per heavy atom. The lowest BCUT2D eigenvalue weighted by Crippen LogP contribution is -2.36. The normalized spacial score (nSPS) is 15.3. The van der Waals surface area contributed by atoms with Gasteiger partial charge in [0.15, 0.2) is 6.23 Å². The Balaban J connectivity index is 3.24. The monoisotopic (exact) mass is 279 g/mol. The van der Waals surface area contributed by atoms with Gasteiger partial charge in [-0.3, -0.25) is 9.13 Å². The van der Waals surface area contributed by atoms with Crippen molar-refractivity contribution in [3.8, 4) is 0 Å². The molecule has 1 aromatic rings. The predicted molar refractivity (Wildman–Crippen MR) is 61.9 cm³/mol. The molecule has 10 heteroatoms. The lowest BCUT2D eigenvalue weighted by atomic mass is 10.3. The number of aliphatic hydroxyl groups excluding tert-OH is 1. The highest BCUT2D eigenvalue weighted by molar-refractivity contribution is 7.52. The molecule has 2 unspecified atom stereocenters. The van der Waals surface area contributed by atoms with E-state index in [1.807, 2.05) is 0 Å². The van der Waals surface area contributed by atoms with Gasteiger partial charge < -0.3 is 25.4 Å². The van der Waals surface area contributed by atoms with E-state index in [1.165, 1.54) is 12.3 Å². The highest BCUT2D eigenvalue weighted by atomic mass is 31.2. The zero-order valence-corrected chi connectivity index (χ0v) is 10.4. The van der Waals surface area contributed by atoms with Crippen LogP contribution >= 0.6 is 7.60 Å². The number of anilines is 1. The van der Waals surface area contributed by atoms with Gasteiger partial charge in [0, 0.05) is 13.3 Å². The second-order valence-electron chi connectivity index (χ2n) is 3.51. The molecule has 5 N–H and O–H groups in total. The zero-order chi connectivity index (χ0) is 13.9. The fourth-order valence-corrected chi connectivity index (χ4v) is 2.25. The Kier molecular flexibility index (Phi) is 4.60. The Hall–Kier alpha value is -1.25. The first-order valence-corrected chi connectivity index (χ1v) is 6.53. The van der Waals surface area contributed by atoms with Gasteiger partial charge >= 0.3 is 13.3 Å². The van der Waals surface area contributed by atoms with Crippen LogP contribution in [-0.2, 0) is 9.30 Å². The Labute approximate surface area is 102 Å². The minimum atomic E-state index is -4.64. The van der Waals surface area contributed by atoms with Gasteiger partial charge in [0.05, 0.1) is 6.61 Å². The van der Waals surface area contributed by atoms with Crippen LogP contribution in [-0.4, -0.2) is 43.8 Å². The maximum Gasteiger partial charge on any atom is 0.351 e. The molecule has 9 nitrogen and oxygen atoms in total. The molecule has 0 aliphatic heterocycles. The fraction of sp³-hybridized carbons (Fsp3) is 0.500. The summed E-state index contributed by atoms with van der Waals surface area (Å²) in [7, 11) is -3.48. The van der Waals surface area contributed by atoms with E-state index < -0.39 is 31.8 Å². The van der Waals surface area contributed by atoms with Crippen molar-refractivity contribution in [2.24, 2.45) is 0 Å². The molecule has 18 heavy (non-hydrogen) atoms. The van der Waals surface area contributed by atoms with Crippen molar-refractivity contribution in [3.05, 3.63) is 22.7 Å².